The van der Waals surface area contributed by atoms with Crippen LogP contribution in [0.15, 0.2) is 261 Å². The molecule has 66 heavy (non-hydrogen) atoms. The summed E-state index contributed by atoms with van der Waals surface area (Å²) in [6.07, 6.45) is 0. The summed E-state index contributed by atoms with van der Waals surface area (Å²) in [5.41, 5.74) is 17.9. The minimum Gasteiger partial charge on any atom is -0.310 e. The first-order valence-electron chi connectivity index (χ1n) is 22.6. The van der Waals surface area contributed by atoms with Crippen molar-refractivity contribution < 1.29 is 0 Å². The van der Waals surface area contributed by atoms with Crippen molar-refractivity contribution in [1.82, 2.24) is 0 Å². The molecule has 1 nitrogen and oxygen atoms in total. The maximum absolute atomic E-state index is 2.45. The summed E-state index contributed by atoms with van der Waals surface area (Å²) in [6, 6.07) is 95.0. The number of rotatable bonds is 9. The Morgan fingerprint density at radius 1 is 0.258 bits per heavy atom. The molecule has 0 aliphatic heterocycles. The molecule has 0 unspecified atom stereocenters. The summed E-state index contributed by atoms with van der Waals surface area (Å²) in [6.45, 7) is 0. The van der Waals surface area contributed by atoms with Crippen molar-refractivity contribution in [3.63, 3.8) is 0 Å². The van der Waals surface area contributed by atoms with Gasteiger partial charge in [0.25, 0.3) is 0 Å². The Kier molecular flexibility index (Phi) is 10.1. The summed E-state index contributed by atoms with van der Waals surface area (Å²) < 4.78 is 2.57. The van der Waals surface area contributed by atoms with Gasteiger partial charge in [0.1, 0.15) is 0 Å². The van der Waals surface area contributed by atoms with E-state index in [9.17, 15) is 0 Å². The number of benzene rings is 11. The predicted molar refractivity (Wildman–Crippen MR) is 284 cm³/mol. The van der Waals surface area contributed by atoms with Crippen molar-refractivity contribution in [1.29, 1.82) is 0 Å². The van der Waals surface area contributed by atoms with Crippen molar-refractivity contribution in [2.75, 3.05) is 4.90 Å². The molecule has 1 heterocycles. The van der Waals surface area contributed by atoms with Crippen LogP contribution < -0.4 is 4.90 Å². The van der Waals surface area contributed by atoms with Gasteiger partial charge in [-0.2, -0.15) is 0 Å². The van der Waals surface area contributed by atoms with E-state index < -0.39 is 0 Å². The van der Waals surface area contributed by atoms with Crippen molar-refractivity contribution >= 4 is 59.3 Å². The fourth-order valence-corrected chi connectivity index (χ4v) is 11.0. The third kappa shape index (κ3) is 7.15. The normalized spacial score (nSPS) is 11.3. The molecule has 0 atom stereocenters. The van der Waals surface area contributed by atoms with Crippen molar-refractivity contribution in [3.8, 4) is 66.8 Å². The highest BCUT2D eigenvalue weighted by Crippen LogP contribution is 2.49. The Hall–Kier alpha value is -8.30. The zero-order valence-electron chi connectivity index (χ0n) is 36.2. The van der Waals surface area contributed by atoms with Gasteiger partial charge in [-0.1, -0.05) is 224 Å². The third-order valence-corrected chi connectivity index (χ3v) is 14.1. The van der Waals surface area contributed by atoms with E-state index in [1.54, 1.807) is 0 Å². The van der Waals surface area contributed by atoms with Gasteiger partial charge in [-0.3, -0.25) is 0 Å². The predicted octanol–water partition coefficient (Wildman–Crippen LogP) is 18.7. The lowest BCUT2D eigenvalue weighted by Gasteiger charge is -2.27. The standard InChI is InChI=1S/C64H43NS/c1-3-16-46(17-4-1)55-23-9-11-25-58(55)59-26-12-10-24-56(59)50-36-40-52(41-37-50)65(61-43-42-57(48-18-5-2-6-19-48)64-63(61)60-27-13-14-29-62(60)66-64)51-38-34-45(35-39-51)44-30-32-49(33-31-44)54-28-15-21-47-20-7-8-22-53(47)54/h1-43H. The van der Waals surface area contributed by atoms with Gasteiger partial charge < -0.3 is 4.90 Å². The van der Waals surface area contributed by atoms with E-state index in [4.69, 9.17) is 0 Å². The second-order valence-electron chi connectivity index (χ2n) is 16.8. The molecular weight excluding hydrogens is 815 g/mol. The molecule has 0 amide bonds. The first-order valence-corrected chi connectivity index (χ1v) is 23.4. The number of anilines is 3. The smallest absolute Gasteiger partial charge is 0.0555 e. The number of fused-ring (bicyclic) bond motifs is 4. The van der Waals surface area contributed by atoms with Crippen LogP contribution in [0.4, 0.5) is 17.1 Å². The quantitative estimate of drug-likeness (QED) is 0.140. The van der Waals surface area contributed by atoms with Crippen LogP contribution >= 0.6 is 11.3 Å². The lowest BCUT2D eigenvalue weighted by molar-refractivity contribution is 1.30. The van der Waals surface area contributed by atoms with Gasteiger partial charge in [-0.25, -0.2) is 0 Å². The lowest BCUT2D eigenvalue weighted by atomic mass is 9.89. The topological polar surface area (TPSA) is 3.24 Å². The Labute approximate surface area is 389 Å². The maximum Gasteiger partial charge on any atom is 0.0555 e. The van der Waals surface area contributed by atoms with Gasteiger partial charge >= 0.3 is 0 Å². The Morgan fingerprint density at radius 3 is 1.32 bits per heavy atom. The van der Waals surface area contributed by atoms with Gasteiger partial charge in [0.2, 0.25) is 0 Å². The third-order valence-electron chi connectivity index (χ3n) is 12.9. The summed E-state index contributed by atoms with van der Waals surface area (Å²) in [4.78, 5) is 2.45. The van der Waals surface area contributed by atoms with Crippen LogP contribution in [0, 0.1) is 0 Å². The van der Waals surface area contributed by atoms with Crippen molar-refractivity contribution in [2.45, 2.75) is 0 Å². The minimum absolute atomic E-state index is 1.09. The molecule has 0 aliphatic rings. The van der Waals surface area contributed by atoms with E-state index in [0.29, 0.717) is 0 Å². The van der Waals surface area contributed by atoms with E-state index in [2.05, 4.69) is 266 Å². The fraction of sp³-hybridized carbons (Fsp3) is 0. The second kappa shape index (κ2) is 17.0. The van der Waals surface area contributed by atoms with Crippen LogP contribution in [-0.4, -0.2) is 0 Å². The minimum atomic E-state index is 1.09. The largest absolute Gasteiger partial charge is 0.310 e. The molecule has 11 aromatic carbocycles. The molecule has 0 spiro atoms. The lowest BCUT2D eigenvalue weighted by Crippen LogP contribution is -2.10. The van der Waals surface area contributed by atoms with E-state index in [1.807, 2.05) is 11.3 Å². The molecule has 0 saturated carbocycles. The van der Waals surface area contributed by atoms with Crippen LogP contribution in [0.1, 0.15) is 0 Å². The van der Waals surface area contributed by atoms with Gasteiger partial charge in [0.05, 0.1) is 5.69 Å². The average Bonchev–Trinajstić information content (AvgIpc) is 3.80. The zero-order chi connectivity index (χ0) is 43.8. The summed E-state index contributed by atoms with van der Waals surface area (Å²) in [5.74, 6) is 0. The van der Waals surface area contributed by atoms with Crippen LogP contribution in [0.25, 0.3) is 97.7 Å². The van der Waals surface area contributed by atoms with E-state index in [1.165, 1.54) is 97.7 Å². The number of hydrogen-bond acceptors (Lipinski definition) is 2. The Morgan fingerprint density at radius 2 is 0.682 bits per heavy atom. The van der Waals surface area contributed by atoms with Gasteiger partial charge in [-0.15, -0.1) is 11.3 Å². The highest BCUT2D eigenvalue weighted by Gasteiger charge is 2.22. The molecule has 310 valence electrons. The Balaban J connectivity index is 0.974. The van der Waals surface area contributed by atoms with Crippen molar-refractivity contribution in [2.24, 2.45) is 0 Å². The first kappa shape index (κ1) is 39.3. The van der Waals surface area contributed by atoms with Crippen molar-refractivity contribution in [3.05, 3.63) is 261 Å². The van der Waals surface area contributed by atoms with Crippen LogP contribution in [0.3, 0.4) is 0 Å². The van der Waals surface area contributed by atoms with Crippen LogP contribution in [-0.2, 0) is 0 Å². The highest BCUT2D eigenvalue weighted by molar-refractivity contribution is 7.26. The molecule has 12 rings (SSSR count). The Bertz CT molecular complexity index is 3660. The zero-order valence-corrected chi connectivity index (χ0v) is 37.0. The molecule has 12 aromatic rings. The number of nitrogens with zero attached hydrogens (tertiary/aromatic N) is 1. The molecule has 0 fully saturated rings. The average molecular weight is 858 g/mol. The highest BCUT2D eigenvalue weighted by atomic mass is 32.1. The molecule has 1 aromatic heterocycles. The molecule has 0 aliphatic carbocycles. The van der Waals surface area contributed by atoms with Gasteiger partial charge in [0.15, 0.2) is 0 Å². The van der Waals surface area contributed by atoms with E-state index in [0.717, 1.165) is 17.1 Å². The SMILES string of the molecule is c1ccc(-c2ccccc2-c2ccccc2-c2ccc(N(c3ccc(-c4ccc(-c5cccc6ccccc56)cc4)cc3)c3ccc(-c4ccccc4)c4sc5ccccc5c34)cc2)cc1. The molecule has 2 heteroatoms. The molecular formula is C64H43NS. The molecule has 0 bridgehead atoms. The van der Waals surface area contributed by atoms with Crippen LogP contribution in [0.5, 0.6) is 0 Å². The first-order chi connectivity index (χ1) is 32.7. The summed E-state index contributed by atoms with van der Waals surface area (Å²) in [5, 5.41) is 5.05. The summed E-state index contributed by atoms with van der Waals surface area (Å²) >= 11 is 1.88. The monoisotopic (exact) mass is 857 g/mol. The second-order valence-corrected chi connectivity index (χ2v) is 17.8. The van der Waals surface area contributed by atoms with E-state index in [-0.39, 0.29) is 0 Å². The maximum atomic E-state index is 2.45. The van der Waals surface area contributed by atoms with E-state index >= 15 is 0 Å². The molecule has 0 radical (unpaired) electrons. The molecule has 0 saturated heterocycles. The fourth-order valence-electron chi connectivity index (χ4n) is 9.74. The van der Waals surface area contributed by atoms with Gasteiger partial charge in [-0.05, 0) is 114 Å². The number of hydrogen-bond donors (Lipinski definition) is 0. The number of thiophene rings is 1. The van der Waals surface area contributed by atoms with Gasteiger partial charge in [0, 0.05) is 31.5 Å². The molecule has 0 N–H and O–H groups in total. The van der Waals surface area contributed by atoms with Crippen LogP contribution in [0.2, 0.25) is 0 Å². The summed E-state index contributed by atoms with van der Waals surface area (Å²) in [7, 11) is 0.